The highest BCUT2D eigenvalue weighted by atomic mass is 16.5. The minimum Gasteiger partial charge on any atom is -0.370 e. The molecular formula is C16H28N4O. The van der Waals surface area contributed by atoms with Crippen molar-refractivity contribution < 1.29 is 4.74 Å². The molecule has 0 bridgehead atoms. The van der Waals surface area contributed by atoms with Gasteiger partial charge in [0.2, 0.25) is 0 Å². The van der Waals surface area contributed by atoms with Gasteiger partial charge in [0.25, 0.3) is 0 Å². The molecule has 118 valence electrons. The van der Waals surface area contributed by atoms with Crippen LogP contribution < -0.4 is 5.32 Å². The van der Waals surface area contributed by atoms with Gasteiger partial charge in [-0.1, -0.05) is 27.7 Å². The van der Waals surface area contributed by atoms with Gasteiger partial charge in [0.15, 0.2) is 5.82 Å². The normalized spacial score (nSPS) is 20.0. The van der Waals surface area contributed by atoms with Crippen molar-refractivity contribution in [1.29, 1.82) is 0 Å². The van der Waals surface area contributed by atoms with Gasteiger partial charge in [-0.25, -0.2) is 9.97 Å². The van der Waals surface area contributed by atoms with Crippen molar-refractivity contribution in [3.8, 4) is 0 Å². The topological polar surface area (TPSA) is 50.3 Å². The van der Waals surface area contributed by atoms with Crippen molar-refractivity contribution in [2.24, 2.45) is 0 Å². The number of hydrogen-bond acceptors (Lipinski definition) is 5. The number of aromatic nitrogens is 2. The Balaban J connectivity index is 2.22. The van der Waals surface area contributed by atoms with Crippen LogP contribution in [0.5, 0.6) is 0 Å². The van der Waals surface area contributed by atoms with E-state index in [1.54, 1.807) is 0 Å². The fourth-order valence-electron chi connectivity index (χ4n) is 2.41. The fraction of sp³-hybridized carbons (Fsp3) is 0.750. The Morgan fingerprint density at radius 2 is 2.19 bits per heavy atom. The van der Waals surface area contributed by atoms with E-state index in [9.17, 15) is 0 Å². The van der Waals surface area contributed by atoms with Crippen LogP contribution in [0.25, 0.3) is 0 Å². The summed E-state index contributed by atoms with van der Waals surface area (Å²) in [6.45, 7) is 13.3. The Morgan fingerprint density at radius 3 is 2.86 bits per heavy atom. The minimum atomic E-state index is -0.0143. The summed E-state index contributed by atoms with van der Waals surface area (Å²) >= 11 is 0. The molecule has 1 saturated heterocycles. The largest absolute Gasteiger partial charge is 0.370 e. The van der Waals surface area contributed by atoms with E-state index in [1.165, 1.54) is 0 Å². The summed E-state index contributed by atoms with van der Waals surface area (Å²) in [5.41, 5.74) is 1.08. The predicted octanol–water partition coefficient (Wildman–Crippen LogP) is 2.82. The van der Waals surface area contributed by atoms with Gasteiger partial charge >= 0.3 is 0 Å². The number of likely N-dealkylation sites (N-methyl/N-ethyl adjacent to an activating group) is 1. The molecule has 0 radical (unpaired) electrons. The first kappa shape index (κ1) is 16.2. The molecular weight excluding hydrogens is 264 g/mol. The molecule has 1 unspecified atom stereocenters. The van der Waals surface area contributed by atoms with Crippen LogP contribution in [0.15, 0.2) is 6.07 Å². The van der Waals surface area contributed by atoms with Gasteiger partial charge in [-0.3, -0.25) is 4.90 Å². The van der Waals surface area contributed by atoms with E-state index in [0.29, 0.717) is 5.92 Å². The Kier molecular flexibility index (Phi) is 5.94. The maximum absolute atomic E-state index is 5.90. The highest BCUT2D eigenvalue weighted by molar-refractivity contribution is 5.37. The highest BCUT2D eigenvalue weighted by Gasteiger charge is 2.24. The first-order valence-corrected chi connectivity index (χ1v) is 8.10. The zero-order chi connectivity index (χ0) is 15.2. The Hall–Kier alpha value is -1.20. The molecule has 0 spiro atoms. The van der Waals surface area contributed by atoms with Crippen molar-refractivity contribution in [2.45, 2.75) is 46.1 Å². The van der Waals surface area contributed by atoms with Crippen molar-refractivity contribution in [3.05, 3.63) is 17.6 Å². The molecule has 2 rings (SSSR count). The second-order valence-corrected chi connectivity index (χ2v) is 5.87. The number of nitrogens with zero attached hydrogens (tertiary/aromatic N) is 3. The zero-order valence-electron chi connectivity index (χ0n) is 13.7. The van der Waals surface area contributed by atoms with E-state index in [4.69, 9.17) is 9.72 Å². The molecule has 1 aliphatic heterocycles. The van der Waals surface area contributed by atoms with Gasteiger partial charge < -0.3 is 10.1 Å². The lowest BCUT2D eigenvalue weighted by Gasteiger charge is -2.31. The van der Waals surface area contributed by atoms with Crippen LogP contribution >= 0.6 is 0 Å². The molecule has 1 N–H and O–H groups in total. The van der Waals surface area contributed by atoms with Crippen LogP contribution in [0.4, 0.5) is 5.82 Å². The van der Waals surface area contributed by atoms with Crippen LogP contribution in [-0.2, 0) is 4.74 Å². The van der Waals surface area contributed by atoms with E-state index in [1.807, 2.05) is 0 Å². The number of rotatable bonds is 6. The van der Waals surface area contributed by atoms with E-state index >= 15 is 0 Å². The quantitative estimate of drug-likeness (QED) is 0.873. The first-order chi connectivity index (χ1) is 10.1. The summed E-state index contributed by atoms with van der Waals surface area (Å²) in [7, 11) is 0. The maximum Gasteiger partial charge on any atom is 0.161 e. The van der Waals surface area contributed by atoms with E-state index in [2.05, 4.69) is 49.0 Å². The monoisotopic (exact) mass is 292 g/mol. The fourth-order valence-corrected chi connectivity index (χ4v) is 2.41. The van der Waals surface area contributed by atoms with Gasteiger partial charge in [-0.05, 0) is 18.9 Å². The van der Waals surface area contributed by atoms with E-state index in [0.717, 1.165) is 56.5 Å². The van der Waals surface area contributed by atoms with Gasteiger partial charge in [0, 0.05) is 31.4 Å². The second-order valence-electron chi connectivity index (χ2n) is 5.87. The van der Waals surface area contributed by atoms with E-state index in [-0.39, 0.29) is 6.10 Å². The molecule has 1 aromatic rings. The standard InChI is InChI=1S/C16H28N4O/c1-5-7-17-15-10-13(12(3)4)18-16(19-15)14-11-20(6-2)8-9-21-14/h10,12,14H,5-9,11H2,1-4H3,(H,17,18,19). The van der Waals surface area contributed by atoms with Crippen LogP contribution in [-0.4, -0.2) is 47.7 Å². The summed E-state index contributed by atoms with van der Waals surface area (Å²) < 4.78 is 5.90. The predicted molar refractivity (Wildman–Crippen MR) is 85.7 cm³/mol. The van der Waals surface area contributed by atoms with Crippen molar-refractivity contribution in [2.75, 3.05) is 38.1 Å². The average Bonchev–Trinajstić information content (AvgIpc) is 2.52. The lowest BCUT2D eigenvalue weighted by atomic mass is 10.1. The molecule has 2 heterocycles. The van der Waals surface area contributed by atoms with Gasteiger partial charge in [-0.2, -0.15) is 0 Å². The number of ether oxygens (including phenoxy) is 1. The summed E-state index contributed by atoms with van der Waals surface area (Å²) in [6, 6.07) is 2.06. The SMILES string of the molecule is CCCNc1cc(C(C)C)nc(C2CN(CC)CCO2)n1. The average molecular weight is 292 g/mol. The molecule has 21 heavy (non-hydrogen) atoms. The lowest BCUT2D eigenvalue weighted by Crippen LogP contribution is -2.38. The number of hydrogen-bond donors (Lipinski definition) is 1. The van der Waals surface area contributed by atoms with Gasteiger partial charge in [0.1, 0.15) is 11.9 Å². The van der Waals surface area contributed by atoms with Crippen molar-refractivity contribution >= 4 is 5.82 Å². The summed E-state index contributed by atoms with van der Waals surface area (Å²) in [4.78, 5) is 11.8. The molecule has 0 aliphatic carbocycles. The molecule has 0 amide bonds. The Morgan fingerprint density at radius 1 is 1.38 bits per heavy atom. The summed E-state index contributed by atoms with van der Waals surface area (Å²) in [5, 5.41) is 3.37. The number of nitrogens with one attached hydrogen (secondary N) is 1. The van der Waals surface area contributed by atoms with Crippen molar-refractivity contribution in [3.63, 3.8) is 0 Å². The third-order valence-electron chi connectivity index (χ3n) is 3.80. The molecule has 1 aliphatic rings. The molecule has 5 heteroatoms. The smallest absolute Gasteiger partial charge is 0.161 e. The summed E-state index contributed by atoms with van der Waals surface area (Å²) in [6.07, 6.45) is 1.07. The van der Waals surface area contributed by atoms with Crippen LogP contribution in [0.3, 0.4) is 0 Å². The molecule has 5 nitrogen and oxygen atoms in total. The maximum atomic E-state index is 5.90. The van der Waals surface area contributed by atoms with Crippen molar-refractivity contribution in [1.82, 2.24) is 14.9 Å². The number of morpholine rings is 1. The van der Waals surface area contributed by atoms with Gasteiger partial charge in [-0.15, -0.1) is 0 Å². The third-order valence-corrected chi connectivity index (χ3v) is 3.80. The lowest BCUT2D eigenvalue weighted by molar-refractivity contribution is -0.0326. The van der Waals surface area contributed by atoms with Crippen LogP contribution in [0.2, 0.25) is 0 Å². The second kappa shape index (κ2) is 7.71. The summed E-state index contributed by atoms with van der Waals surface area (Å²) in [5.74, 6) is 2.13. The molecule has 0 saturated carbocycles. The van der Waals surface area contributed by atoms with Crippen LogP contribution in [0, 0.1) is 0 Å². The Bertz CT molecular complexity index is 450. The molecule has 1 aromatic heterocycles. The number of anilines is 1. The Labute approximate surface area is 128 Å². The molecule has 0 aromatic carbocycles. The molecule has 1 atom stereocenters. The zero-order valence-corrected chi connectivity index (χ0v) is 13.7. The first-order valence-electron chi connectivity index (χ1n) is 8.10. The minimum absolute atomic E-state index is 0.0143. The van der Waals surface area contributed by atoms with Crippen LogP contribution in [0.1, 0.15) is 57.7 Å². The van der Waals surface area contributed by atoms with E-state index < -0.39 is 0 Å². The third kappa shape index (κ3) is 4.38. The highest BCUT2D eigenvalue weighted by Crippen LogP contribution is 2.23. The van der Waals surface area contributed by atoms with Gasteiger partial charge in [0.05, 0.1) is 6.61 Å². The molecule has 1 fully saturated rings.